The lowest BCUT2D eigenvalue weighted by Gasteiger charge is -2.42. The quantitative estimate of drug-likeness (QED) is 0.402. The second kappa shape index (κ2) is 12.0. The fourth-order valence-corrected chi connectivity index (χ4v) is 5.08. The SMILES string of the molecule is CCCC(C(=O)Nc1c(C)cccc1C)[N+]1(CC(=O)OCc2ccccc2)CCCCCC1. The highest BCUT2D eigenvalue weighted by Crippen LogP contribution is 2.28. The molecule has 1 N–H and O–H groups in total. The van der Waals surface area contributed by atoms with E-state index in [0.29, 0.717) is 4.48 Å². The largest absolute Gasteiger partial charge is 0.457 e. The zero-order chi connectivity index (χ0) is 23.7. The van der Waals surface area contributed by atoms with Gasteiger partial charge in [0.05, 0.1) is 13.1 Å². The number of carbonyl (C=O) groups excluding carboxylic acids is 2. The molecule has 2 aromatic carbocycles. The van der Waals surface area contributed by atoms with Crippen molar-refractivity contribution in [2.75, 3.05) is 25.0 Å². The van der Waals surface area contributed by atoms with E-state index in [-0.39, 0.29) is 31.1 Å². The zero-order valence-corrected chi connectivity index (χ0v) is 20.4. The third-order valence-electron chi connectivity index (χ3n) is 6.90. The number of hydrogen-bond donors (Lipinski definition) is 1. The Bertz CT molecular complexity index is 898. The van der Waals surface area contributed by atoms with E-state index in [4.69, 9.17) is 4.74 Å². The zero-order valence-electron chi connectivity index (χ0n) is 20.4. The lowest BCUT2D eigenvalue weighted by Crippen LogP contribution is -2.62. The summed E-state index contributed by atoms with van der Waals surface area (Å²) < 4.78 is 6.17. The van der Waals surface area contributed by atoms with Crippen LogP contribution in [0.15, 0.2) is 48.5 Å². The maximum Gasteiger partial charge on any atom is 0.362 e. The van der Waals surface area contributed by atoms with Crippen molar-refractivity contribution in [2.24, 2.45) is 0 Å². The first-order chi connectivity index (χ1) is 15.9. The molecule has 1 heterocycles. The number of nitrogens with one attached hydrogen (secondary N) is 1. The molecule has 0 spiro atoms. The van der Waals surface area contributed by atoms with E-state index in [0.717, 1.165) is 74.0 Å². The van der Waals surface area contributed by atoms with E-state index >= 15 is 0 Å². The molecular weight excluding hydrogens is 412 g/mol. The van der Waals surface area contributed by atoms with Crippen molar-refractivity contribution in [3.8, 4) is 0 Å². The van der Waals surface area contributed by atoms with Crippen molar-refractivity contribution in [3.63, 3.8) is 0 Å². The van der Waals surface area contributed by atoms with E-state index < -0.39 is 0 Å². The Kier molecular flexibility index (Phi) is 9.07. The lowest BCUT2D eigenvalue weighted by molar-refractivity contribution is -0.935. The van der Waals surface area contributed by atoms with Gasteiger partial charge in [0.1, 0.15) is 6.61 Å². The topological polar surface area (TPSA) is 55.4 Å². The van der Waals surface area contributed by atoms with Crippen molar-refractivity contribution in [1.29, 1.82) is 0 Å². The van der Waals surface area contributed by atoms with Crippen molar-refractivity contribution in [3.05, 3.63) is 65.2 Å². The van der Waals surface area contributed by atoms with Crippen LogP contribution in [0.5, 0.6) is 0 Å². The van der Waals surface area contributed by atoms with Crippen LogP contribution < -0.4 is 5.32 Å². The minimum atomic E-state index is -0.267. The summed E-state index contributed by atoms with van der Waals surface area (Å²) in [5.74, 6) is -0.200. The molecule has 5 heteroatoms. The molecule has 2 aromatic rings. The van der Waals surface area contributed by atoms with Crippen molar-refractivity contribution in [1.82, 2.24) is 0 Å². The molecule has 0 radical (unpaired) electrons. The molecule has 3 rings (SSSR count). The van der Waals surface area contributed by atoms with Gasteiger partial charge in [-0.2, -0.15) is 0 Å². The van der Waals surface area contributed by atoms with Crippen LogP contribution in [0, 0.1) is 13.8 Å². The maximum atomic E-state index is 13.7. The fraction of sp³-hybridized carbons (Fsp3) is 0.500. The van der Waals surface area contributed by atoms with E-state index in [9.17, 15) is 9.59 Å². The molecule has 0 bridgehead atoms. The van der Waals surface area contributed by atoms with Crippen LogP contribution in [0.4, 0.5) is 5.69 Å². The number of quaternary nitrogens is 1. The van der Waals surface area contributed by atoms with Crippen LogP contribution in [0.2, 0.25) is 0 Å². The number of likely N-dealkylation sites (tertiary alicyclic amines) is 1. The van der Waals surface area contributed by atoms with Crippen LogP contribution in [0.25, 0.3) is 0 Å². The van der Waals surface area contributed by atoms with Gasteiger partial charge in [-0.05, 0) is 62.6 Å². The first kappa shape index (κ1) is 25.0. The predicted octanol–water partition coefficient (Wildman–Crippen LogP) is 5.54. The normalized spacial score (nSPS) is 16.5. The Morgan fingerprint density at radius 2 is 1.58 bits per heavy atom. The molecule has 1 aliphatic rings. The van der Waals surface area contributed by atoms with Crippen LogP contribution >= 0.6 is 0 Å². The van der Waals surface area contributed by atoms with Gasteiger partial charge in [-0.1, -0.05) is 55.5 Å². The Morgan fingerprint density at radius 1 is 0.939 bits per heavy atom. The predicted molar refractivity (Wildman–Crippen MR) is 133 cm³/mol. The summed E-state index contributed by atoms with van der Waals surface area (Å²) in [5.41, 5.74) is 3.99. The van der Waals surface area contributed by atoms with Gasteiger partial charge < -0.3 is 14.5 Å². The number of rotatable bonds is 9. The van der Waals surface area contributed by atoms with Crippen LogP contribution in [-0.2, 0) is 20.9 Å². The average molecular weight is 452 g/mol. The third-order valence-corrected chi connectivity index (χ3v) is 6.90. The number of amides is 1. The first-order valence-electron chi connectivity index (χ1n) is 12.4. The smallest absolute Gasteiger partial charge is 0.362 e. The number of benzene rings is 2. The second-order valence-corrected chi connectivity index (χ2v) is 9.44. The van der Waals surface area contributed by atoms with E-state index in [1.54, 1.807) is 0 Å². The standard InChI is InChI=1S/C28H38N2O3/c1-4-13-25(28(32)29-27-22(2)14-12-15-23(27)3)30(18-10-5-6-11-19-30)20-26(31)33-21-24-16-8-7-9-17-24/h7-9,12,14-17,25H,4-6,10-11,13,18-21H2,1-3H3/p+1. The Balaban J connectivity index is 1.81. The number of hydrogen-bond acceptors (Lipinski definition) is 3. The molecule has 1 fully saturated rings. The Hall–Kier alpha value is -2.66. The summed E-state index contributed by atoms with van der Waals surface area (Å²) >= 11 is 0. The molecule has 5 nitrogen and oxygen atoms in total. The van der Waals surface area contributed by atoms with Crippen molar-refractivity contribution in [2.45, 2.75) is 71.9 Å². The molecule has 178 valence electrons. The number of para-hydroxylation sites is 1. The molecule has 0 aromatic heterocycles. The Labute approximate surface area is 198 Å². The number of ether oxygens (including phenoxy) is 1. The van der Waals surface area contributed by atoms with Gasteiger partial charge in [-0.15, -0.1) is 0 Å². The van der Waals surface area contributed by atoms with Crippen LogP contribution in [-0.4, -0.2) is 42.0 Å². The summed E-state index contributed by atoms with van der Waals surface area (Å²) in [5, 5.41) is 3.23. The van der Waals surface area contributed by atoms with Crippen LogP contribution in [0.1, 0.15) is 62.1 Å². The number of esters is 1. The highest BCUT2D eigenvalue weighted by molar-refractivity contribution is 5.95. The van der Waals surface area contributed by atoms with Gasteiger partial charge in [0.15, 0.2) is 12.6 Å². The summed E-state index contributed by atoms with van der Waals surface area (Å²) in [6, 6.07) is 15.5. The number of nitrogens with zero attached hydrogens (tertiary/aromatic N) is 1. The highest BCUT2D eigenvalue weighted by Gasteiger charge is 2.43. The number of carbonyl (C=O) groups is 2. The average Bonchev–Trinajstić information content (AvgIpc) is 3.05. The monoisotopic (exact) mass is 451 g/mol. The summed E-state index contributed by atoms with van der Waals surface area (Å²) in [6.45, 7) is 8.35. The van der Waals surface area contributed by atoms with Gasteiger partial charge in [0.25, 0.3) is 5.91 Å². The molecule has 1 amide bonds. The molecule has 0 aliphatic carbocycles. The lowest BCUT2D eigenvalue weighted by atomic mass is 10.0. The minimum absolute atomic E-state index is 0.0204. The molecular formula is C28H39N2O3+. The van der Waals surface area contributed by atoms with E-state index in [1.165, 1.54) is 0 Å². The van der Waals surface area contributed by atoms with Gasteiger partial charge >= 0.3 is 5.97 Å². The second-order valence-electron chi connectivity index (χ2n) is 9.44. The molecule has 0 saturated carbocycles. The third kappa shape index (κ3) is 6.67. The highest BCUT2D eigenvalue weighted by atomic mass is 16.5. The van der Waals surface area contributed by atoms with Crippen LogP contribution in [0.3, 0.4) is 0 Å². The van der Waals surface area contributed by atoms with Gasteiger partial charge in [0.2, 0.25) is 0 Å². The van der Waals surface area contributed by atoms with Crippen molar-refractivity contribution >= 4 is 17.6 Å². The molecule has 1 unspecified atom stereocenters. The van der Waals surface area contributed by atoms with Crippen molar-refractivity contribution < 1.29 is 18.8 Å². The molecule has 1 saturated heterocycles. The van der Waals surface area contributed by atoms with Gasteiger partial charge in [0, 0.05) is 12.1 Å². The summed E-state index contributed by atoms with van der Waals surface area (Å²) in [7, 11) is 0. The number of anilines is 1. The number of aryl methyl sites for hydroxylation is 2. The first-order valence-corrected chi connectivity index (χ1v) is 12.4. The minimum Gasteiger partial charge on any atom is -0.457 e. The van der Waals surface area contributed by atoms with Gasteiger partial charge in [-0.3, -0.25) is 4.79 Å². The maximum absolute atomic E-state index is 13.7. The summed E-state index contributed by atoms with van der Waals surface area (Å²) in [4.78, 5) is 26.7. The molecule has 33 heavy (non-hydrogen) atoms. The van der Waals surface area contributed by atoms with Gasteiger partial charge in [-0.25, -0.2) is 4.79 Å². The molecule has 1 aliphatic heterocycles. The summed E-state index contributed by atoms with van der Waals surface area (Å²) in [6.07, 6.45) is 6.01. The Morgan fingerprint density at radius 3 is 2.18 bits per heavy atom. The van der Waals surface area contributed by atoms with E-state index in [2.05, 4.69) is 12.2 Å². The molecule has 1 atom stereocenters. The fourth-order valence-electron chi connectivity index (χ4n) is 5.08. The van der Waals surface area contributed by atoms with E-state index in [1.807, 2.05) is 62.4 Å².